The Labute approximate surface area is 184 Å². The molecular formula is C24H33N5O2. The van der Waals surface area contributed by atoms with Gasteiger partial charge in [0.15, 0.2) is 0 Å². The van der Waals surface area contributed by atoms with E-state index in [0.717, 1.165) is 38.3 Å². The number of nitrogens with zero attached hydrogens (tertiary/aromatic N) is 2. The van der Waals surface area contributed by atoms with Gasteiger partial charge in [-0.1, -0.05) is 30.3 Å². The van der Waals surface area contributed by atoms with E-state index in [9.17, 15) is 9.59 Å². The van der Waals surface area contributed by atoms with Crippen LogP contribution in [0.5, 0.6) is 0 Å². The Morgan fingerprint density at radius 1 is 0.903 bits per heavy atom. The number of carbonyl (C=O) groups excluding carboxylic acids is 2. The van der Waals surface area contributed by atoms with E-state index in [-0.39, 0.29) is 24.0 Å². The topological polar surface area (TPSA) is 76.7 Å². The van der Waals surface area contributed by atoms with E-state index < -0.39 is 0 Å². The SMILES string of the molecule is CC(C)NC(=O)c1ccc(NC(=O)NC(CN2CCN(C)CC2)c2ccccc2)cc1. The Bertz CT molecular complexity index is 846. The first-order chi connectivity index (χ1) is 14.9. The lowest BCUT2D eigenvalue weighted by molar-refractivity contribution is 0.0943. The predicted molar refractivity (Wildman–Crippen MR) is 124 cm³/mol. The number of carbonyl (C=O) groups is 2. The van der Waals surface area contributed by atoms with Crippen LogP contribution in [0.3, 0.4) is 0 Å². The molecule has 3 rings (SSSR count). The van der Waals surface area contributed by atoms with Crippen LogP contribution in [-0.4, -0.2) is 67.6 Å². The highest BCUT2D eigenvalue weighted by molar-refractivity contribution is 5.95. The number of hydrogen-bond donors (Lipinski definition) is 3. The van der Waals surface area contributed by atoms with Crippen molar-refractivity contribution < 1.29 is 9.59 Å². The van der Waals surface area contributed by atoms with Crippen LogP contribution in [0, 0.1) is 0 Å². The van der Waals surface area contributed by atoms with Gasteiger partial charge in [-0.25, -0.2) is 4.79 Å². The number of urea groups is 1. The molecule has 1 saturated heterocycles. The minimum absolute atomic E-state index is 0.0753. The molecule has 31 heavy (non-hydrogen) atoms. The van der Waals surface area contributed by atoms with Crippen molar-refractivity contribution in [2.75, 3.05) is 45.1 Å². The molecule has 0 bridgehead atoms. The number of benzene rings is 2. The van der Waals surface area contributed by atoms with Crippen LogP contribution in [0.4, 0.5) is 10.5 Å². The van der Waals surface area contributed by atoms with Gasteiger partial charge in [-0.15, -0.1) is 0 Å². The highest BCUT2D eigenvalue weighted by atomic mass is 16.2. The molecule has 1 atom stereocenters. The Morgan fingerprint density at radius 2 is 1.55 bits per heavy atom. The fraction of sp³-hybridized carbons (Fsp3) is 0.417. The molecule has 0 saturated carbocycles. The average Bonchev–Trinajstić information content (AvgIpc) is 2.75. The van der Waals surface area contributed by atoms with Gasteiger partial charge in [0, 0.05) is 50.0 Å². The largest absolute Gasteiger partial charge is 0.350 e. The second-order valence-corrected chi connectivity index (χ2v) is 8.37. The highest BCUT2D eigenvalue weighted by Gasteiger charge is 2.21. The molecule has 3 N–H and O–H groups in total. The predicted octanol–water partition coefficient (Wildman–Crippen LogP) is 2.94. The number of anilines is 1. The summed E-state index contributed by atoms with van der Waals surface area (Å²) in [5, 5.41) is 8.86. The quantitative estimate of drug-likeness (QED) is 0.640. The molecule has 166 valence electrons. The summed E-state index contributed by atoms with van der Waals surface area (Å²) < 4.78 is 0. The Hall–Kier alpha value is -2.90. The monoisotopic (exact) mass is 423 g/mol. The lowest BCUT2D eigenvalue weighted by Gasteiger charge is -2.35. The van der Waals surface area contributed by atoms with Gasteiger partial charge >= 0.3 is 6.03 Å². The molecule has 1 fully saturated rings. The molecule has 2 aromatic carbocycles. The molecule has 0 aliphatic carbocycles. The molecule has 3 amide bonds. The summed E-state index contributed by atoms with van der Waals surface area (Å²) in [5.41, 5.74) is 2.29. The van der Waals surface area contributed by atoms with Crippen LogP contribution in [0.15, 0.2) is 54.6 Å². The van der Waals surface area contributed by atoms with E-state index in [1.807, 2.05) is 44.2 Å². The summed E-state index contributed by atoms with van der Waals surface area (Å²) in [5.74, 6) is -0.123. The zero-order valence-corrected chi connectivity index (χ0v) is 18.6. The van der Waals surface area contributed by atoms with Gasteiger partial charge in [-0.05, 0) is 50.7 Å². The first kappa shape index (κ1) is 22.8. The van der Waals surface area contributed by atoms with Gasteiger partial charge in [0.1, 0.15) is 0 Å². The molecule has 7 heteroatoms. The van der Waals surface area contributed by atoms with Gasteiger partial charge in [0.2, 0.25) is 0 Å². The van der Waals surface area contributed by atoms with E-state index in [1.165, 1.54) is 0 Å². The minimum atomic E-state index is -0.262. The van der Waals surface area contributed by atoms with Crippen LogP contribution in [0.2, 0.25) is 0 Å². The smallest absolute Gasteiger partial charge is 0.319 e. The van der Waals surface area contributed by atoms with Gasteiger partial charge in [0.05, 0.1) is 6.04 Å². The van der Waals surface area contributed by atoms with Gasteiger partial charge in [-0.3, -0.25) is 9.69 Å². The lowest BCUT2D eigenvalue weighted by Crippen LogP contribution is -2.48. The summed E-state index contributed by atoms with van der Waals surface area (Å²) in [7, 11) is 2.13. The number of amides is 3. The maximum absolute atomic E-state index is 12.7. The zero-order valence-electron chi connectivity index (χ0n) is 18.6. The van der Waals surface area contributed by atoms with E-state index in [2.05, 4.69) is 32.8 Å². The first-order valence-corrected chi connectivity index (χ1v) is 10.8. The number of likely N-dealkylation sites (N-methyl/N-ethyl adjacent to an activating group) is 1. The summed E-state index contributed by atoms with van der Waals surface area (Å²) in [4.78, 5) is 29.5. The molecule has 2 aromatic rings. The molecular weight excluding hydrogens is 390 g/mol. The highest BCUT2D eigenvalue weighted by Crippen LogP contribution is 2.16. The maximum atomic E-state index is 12.7. The van der Waals surface area contributed by atoms with Crippen molar-refractivity contribution in [3.8, 4) is 0 Å². The molecule has 0 aromatic heterocycles. The van der Waals surface area contributed by atoms with Gasteiger partial charge in [0.25, 0.3) is 5.91 Å². The van der Waals surface area contributed by atoms with Crippen LogP contribution < -0.4 is 16.0 Å². The van der Waals surface area contributed by atoms with Crippen molar-refractivity contribution in [2.24, 2.45) is 0 Å². The summed E-state index contributed by atoms with van der Waals surface area (Å²) in [6.07, 6.45) is 0. The molecule has 1 heterocycles. The molecule has 1 aliphatic heterocycles. The molecule has 1 unspecified atom stereocenters. The lowest BCUT2D eigenvalue weighted by atomic mass is 10.1. The zero-order chi connectivity index (χ0) is 22.2. The van der Waals surface area contributed by atoms with Gasteiger partial charge < -0.3 is 20.9 Å². The third kappa shape index (κ3) is 7.08. The minimum Gasteiger partial charge on any atom is -0.350 e. The van der Waals surface area contributed by atoms with E-state index >= 15 is 0 Å². The summed E-state index contributed by atoms with van der Waals surface area (Å²) in [6.45, 7) is 8.65. The van der Waals surface area contributed by atoms with Crippen LogP contribution >= 0.6 is 0 Å². The Balaban J connectivity index is 1.61. The van der Waals surface area contributed by atoms with Crippen LogP contribution in [0.25, 0.3) is 0 Å². The molecule has 7 nitrogen and oxygen atoms in total. The van der Waals surface area contributed by atoms with Crippen LogP contribution in [-0.2, 0) is 0 Å². The van der Waals surface area contributed by atoms with Crippen molar-refractivity contribution in [3.05, 3.63) is 65.7 Å². The van der Waals surface area contributed by atoms with E-state index in [4.69, 9.17) is 0 Å². The van der Waals surface area contributed by atoms with Crippen molar-refractivity contribution in [1.29, 1.82) is 0 Å². The average molecular weight is 424 g/mol. The van der Waals surface area contributed by atoms with Crippen molar-refractivity contribution in [1.82, 2.24) is 20.4 Å². The Morgan fingerprint density at radius 3 is 2.16 bits per heavy atom. The van der Waals surface area contributed by atoms with Crippen molar-refractivity contribution in [2.45, 2.75) is 25.9 Å². The number of nitrogens with one attached hydrogen (secondary N) is 3. The normalized spacial score (nSPS) is 16.0. The van der Waals surface area contributed by atoms with Crippen molar-refractivity contribution >= 4 is 17.6 Å². The standard InChI is InChI=1S/C24H33N5O2/c1-18(2)25-23(30)20-9-11-21(12-10-20)26-24(31)27-22(19-7-5-4-6-8-19)17-29-15-13-28(3)14-16-29/h4-12,18,22H,13-17H2,1-3H3,(H,25,30)(H2,26,27,31). The molecule has 1 aliphatic rings. The van der Waals surface area contributed by atoms with E-state index in [1.54, 1.807) is 24.3 Å². The fourth-order valence-corrected chi connectivity index (χ4v) is 3.58. The third-order valence-corrected chi connectivity index (χ3v) is 5.37. The summed E-state index contributed by atoms with van der Waals surface area (Å²) >= 11 is 0. The van der Waals surface area contributed by atoms with E-state index in [0.29, 0.717) is 11.3 Å². The second kappa shape index (κ2) is 10.9. The van der Waals surface area contributed by atoms with Crippen LogP contribution in [0.1, 0.15) is 35.8 Å². The summed E-state index contributed by atoms with van der Waals surface area (Å²) in [6, 6.07) is 16.7. The third-order valence-electron chi connectivity index (χ3n) is 5.37. The maximum Gasteiger partial charge on any atom is 0.319 e. The number of hydrogen-bond acceptors (Lipinski definition) is 4. The molecule has 0 spiro atoms. The fourth-order valence-electron chi connectivity index (χ4n) is 3.58. The van der Waals surface area contributed by atoms with Crippen molar-refractivity contribution in [3.63, 3.8) is 0 Å². The second-order valence-electron chi connectivity index (χ2n) is 8.37. The van der Waals surface area contributed by atoms with Gasteiger partial charge in [-0.2, -0.15) is 0 Å². The Kier molecular flexibility index (Phi) is 8.03. The number of rotatable bonds is 7. The number of piperazine rings is 1. The molecule has 0 radical (unpaired) electrons. The first-order valence-electron chi connectivity index (χ1n) is 10.8.